The SMILES string of the molecule is C[C@@](Cl)(C=CBr)[C@@H](Cl)C=CC(=CCl)C(Cl)Cl. The number of halogens is 6. The molecule has 0 aliphatic rings. The number of hydrogen-bond donors (Lipinski definition) is 0. The minimum absolute atomic E-state index is 0.415. The van der Waals surface area contributed by atoms with Crippen molar-refractivity contribution in [1.29, 1.82) is 0 Å². The van der Waals surface area contributed by atoms with E-state index in [0.29, 0.717) is 5.57 Å². The molecule has 2 atom stereocenters. The van der Waals surface area contributed by atoms with E-state index in [1.807, 2.05) is 0 Å². The lowest BCUT2D eigenvalue weighted by molar-refractivity contribution is 0.800. The second-order valence-corrected chi connectivity index (χ2v) is 6.24. The van der Waals surface area contributed by atoms with Crippen LogP contribution in [-0.2, 0) is 0 Å². The van der Waals surface area contributed by atoms with Crippen LogP contribution in [0.25, 0.3) is 0 Å². The summed E-state index contributed by atoms with van der Waals surface area (Å²) in [6.07, 6.45) is 5.07. The maximum absolute atomic E-state index is 6.17. The fraction of sp³-hybridized carbons (Fsp3) is 0.400. The van der Waals surface area contributed by atoms with Gasteiger partial charge in [-0.15, -0.1) is 46.4 Å². The molecule has 0 aliphatic carbocycles. The standard InChI is InChI=1S/C10H10BrCl5/c1-10(16,4-5-11)8(13)3-2-7(6-12)9(14)15/h2-6,8-9H,1H3/t8-,10+/m0/s1. The number of alkyl halides is 4. The molecule has 0 aliphatic heterocycles. The number of hydrogen-bond acceptors (Lipinski definition) is 0. The quantitative estimate of drug-likeness (QED) is 0.402. The van der Waals surface area contributed by atoms with Crippen molar-refractivity contribution < 1.29 is 0 Å². The lowest BCUT2D eigenvalue weighted by Gasteiger charge is -2.21. The van der Waals surface area contributed by atoms with Crippen LogP contribution < -0.4 is 0 Å². The van der Waals surface area contributed by atoms with Gasteiger partial charge in [0.15, 0.2) is 0 Å². The molecule has 0 unspecified atom stereocenters. The Morgan fingerprint density at radius 3 is 2.25 bits per heavy atom. The van der Waals surface area contributed by atoms with Crippen molar-refractivity contribution in [3.63, 3.8) is 0 Å². The highest BCUT2D eigenvalue weighted by molar-refractivity contribution is 9.11. The van der Waals surface area contributed by atoms with Gasteiger partial charge in [-0.2, -0.15) is 0 Å². The Hall–Kier alpha value is 1.15. The van der Waals surface area contributed by atoms with Crippen molar-refractivity contribution >= 4 is 73.9 Å². The Balaban J connectivity index is 4.67. The van der Waals surface area contributed by atoms with Crippen LogP contribution in [0.15, 0.2) is 34.3 Å². The summed E-state index contributed by atoms with van der Waals surface area (Å²) in [4.78, 5) is 0.270. The van der Waals surface area contributed by atoms with Crippen LogP contribution in [-0.4, -0.2) is 15.1 Å². The predicted octanol–water partition coefficient (Wildman–Crippen LogP) is 5.98. The van der Waals surface area contributed by atoms with Crippen molar-refractivity contribution in [3.8, 4) is 0 Å². The third-order valence-corrected chi connectivity index (χ3v) is 3.86. The van der Waals surface area contributed by atoms with E-state index in [2.05, 4.69) is 15.9 Å². The molecule has 0 amide bonds. The van der Waals surface area contributed by atoms with Gasteiger partial charge in [-0.3, -0.25) is 0 Å². The van der Waals surface area contributed by atoms with E-state index in [0.717, 1.165) is 0 Å². The van der Waals surface area contributed by atoms with Crippen LogP contribution in [0.5, 0.6) is 0 Å². The molecule has 0 heterocycles. The Morgan fingerprint density at radius 2 is 1.88 bits per heavy atom. The molecule has 0 radical (unpaired) electrons. The van der Waals surface area contributed by atoms with Crippen molar-refractivity contribution in [3.05, 3.63) is 34.3 Å². The first-order chi connectivity index (χ1) is 7.35. The van der Waals surface area contributed by atoms with Crippen molar-refractivity contribution in [2.75, 3.05) is 0 Å². The molecular weight excluding hydrogens is 377 g/mol. The Bertz CT molecular complexity index is 294. The summed E-state index contributed by atoms with van der Waals surface area (Å²) >= 11 is 32.3. The van der Waals surface area contributed by atoms with Crippen LogP contribution in [0, 0.1) is 0 Å². The zero-order valence-electron chi connectivity index (χ0n) is 8.31. The molecule has 0 aromatic rings. The van der Waals surface area contributed by atoms with Gasteiger partial charge in [0.25, 0.3) is 0 Å². The third kappa shape index (κ3) is 6.18. The number of rotatable bonds is 5. The summed E-state index contributed by atoms with van der Waals surface area (Å²) in [5.74, 6) is 0. The normalized spacial score (nSPS) is 19.6. The molecular formula is C10H10BrCl5. The predicted molar refractivity (Wildman–Crippen MR) is 80.5 cm³/mol. The molecule has 0 saturated heterocycles. The highest BCUT2D eigenvalue weighted by Crippen LogP contribution is 2.28. The molecule has 0 nitrogen and oxygen atoms in total. The van der Waals surface area contributed by atoms with E-state index in [4.69, 9.17) is 58.0 Å². The fourth-order valence-corrected chi connectivity index (χ4v) is 2.34. The molecule has 0 aromatic heterocycles. The van der Waals surface area contributed by atoms with Crippen molar-refractivity contribution in [2.24, 2.45) is 0 Å². The first-order valence-corrected chi connectivity index (χ1v) is 7.26. The molecule has 6 heteroatoms. The molecule has 0 spiro atoms. The minimum Gasteiger partial charge on any atom is -0.116 e. The molecule has 0 saturated carbocycles. The molecule has 16 heavy (non-hydrogen) atoms. The first kappa shape index (κ1) is 17.2. The zero-order chi connectivity index (χ0) is 12.8. The largest absolute Gasteiger partial charge is 0.133 e. The minimum atomic E-state index is -0.701. The topological polar surface area (TPSA) is 0 Å². The summed E-state index contributed by atoms with van der Waals surface area (Å²) in [5, 5.41) is -0.415. The van der Waals surface area contributed by atoms with Gasteiger partial charge in [-0.25, -0.2) is 0 Å². The summed E-state index contributed by atoms with van der Waals surface area (Å²) in [7, 11) is 0. The summed E-state index contributed by atoms with van der Waals surface area (Å²) in [6.45, 7) is 1.79. The molecule has 92 valence electrons. The Morgan fingerprint density at radius 1 is 1.31 bits per heavy atom. The monoisotopic (exact) mass is 384 g/mol. The van der Waals surface area contributed by atoms with Gasteiger partial charge < -0.3 is 0 Å². The summed E-state index contributed by atoms with van der Waals surface area (Å²) in [5.41, 5.74) is 1.86. The van der Waals surface area contributed by atoms with Gasteiger partial charge in [0.05, 0.1) is 10.3 Å². The van der Waals surface area contributed by atoms with Crippen LogP contribution >= 0.6 is 73.9 Å². The van der Waals surface area contributed by atoms with Gasteiger partial charge in [-0.05, 0) is 17.5 Å². The van der Waals surface area contributed by atoms with E-state index >= 15 is 0 Å². The van der Waals surface area contributed by atoms with E-state index < -0.39 is 15.1 Å². The van der Waals surface area contributed by atoms with Crippen molar-refractivity contribution in [1.82, 2.24) is 0 Å². The van der Waals surface area contributed by atoms with Crippen LogP contribution in [0.4, 0.5) is 0 Å². The number of allylic oxidation sites excluding steroid dienone is 4. The van der Waals surface area contributed by atoms with E-state index in [9.17, 15) is 0 Å². The molecule has 0 rings (SSSR count). The lowest BCUT2D eigenvalue weighted by atomic mass is 10.1. The van der Waals surface area contributed by atoms with Crippen LogP contribution in [0.3, 0.4) is 0 Å². The van der Waals surface area contributed by atoms with Crippen molar-refractivity contribution in [2.45, 2.75) is 22.0 Å². The third-order valence-electron chi connectivity index (χ3n) is 1.76. The lowest BCUT2D eigenvalue weighted by Crippen LogP contribution is -2.24. The molecule has 0 bridgehead atoms. The van der Waals surface area contributed by atoms with E-state index in [1.165, 1.54) is 5.54 Å². The van der Waals surface area contributed by atoms with Crippen LogP contribution in [0.2, 0.25) is 0 Å². The second-order valence-electron chi connectivity index (χ2n) is 3.11. The average molecular weight is 387 g/mol. The van der Waals surface area contributed by atoms with Crippen LogP contribution in [0.1, 0.15) is 6.92 Å². The summed E-state index contributed by atoms with van der Waals surface area (Å²) in [6, 6.07) is 0. The maximum Gasteiger partial charge on any atom is 0.133 e. The Labute approximate surface area is 129 Å². The highest BCUT2D eigenvalue weighted by Gasteiger charge is 2.25. The van der Waals surface area contributed by atoms with E-state index in [-0.39, 0.29) is 0 Å². The Kier molecular flexibility index (Phi) is 8.88. The second kappa shape index (κ2) is 8.29. The molecule has 0 N–H and O–H groups in total. The maximum atomic E-state index is 6.17. The zero-order valence-corrected chi connectivity index (χ0v) is 13.7. The summed E-state index contributed by atoms with van der Waals surface area (Å²) < 4.78 is 0. The molecule has 0 fully saturated rings. The smallest absolute Gasteiger partial charge is 0.116 e. The van der Waals surface area contributed by atoms with Gasteiger partial charge in [0, 0.05) is 5.54 Å². The molecule has 0 aromatic carbocycles. The first-order valence-electron chi connectivity index (χ1n) is 4.22. The van der Waals surface area contributed by atoms with Gasteiger partial charge in [0.2, 0.25) is 0 Å². The fourth-order valence-electron chi connectivity index (χ4n) is 0.756. The van der Waals surface area contributed by atoms with E-state index in [1.54, 1.807) is 30.1 Å². The van der Waals surface area contributed by atoms with Gasteiger partial charge in [-0.1, -0.05) is 45.8 Å². The van der Waals surface area contributed by atoms with Gasteiger partial charge in [0.1, 0.15) is 4.84 Å². The highest BCUT2D eigenvalue weighted by atomic mass is 79.9. The van der Waals surface area contributed by atoms with Gasteiger partial charge >= 0.3 is 0 Å². The average Bonchev–Trinajstić information content (AvgIpc) is 2.17.